The SMILES string of the molecule is Cc1ccccc1NC(=O)[C@H](C)OC(=O)CCc1c(C)nc2nc(N)nn2c1C. The summed E-state index contributed by atoms with van der Waals surface area (Å²) in [5, 5.41) is 6.89. The molecule has 1 aromatic carbocycles. The molecule has 0 spiro atoms. The Kier molecular flexibility index (Phi) is 5.76. The van der Waals surface area contributed by atoms with Gasteiger partial charge in [-0.2, -0.15) is 9.50 Å². The zero-order valence-corrected chi connectivity index (χ0v) is 16.9. The lowest BCUT2D eigenvalue weighted by atomic mass is 10.1. The van der Waals surface area contributed by atoms with Crippen molar-refractivity contribution in [1.82, 2.24) is 19.6 Å². The molecule has 0 radical (unpaired) electrons. The third-order valence-corrected chi connectivity index (χ3v) is 4.72. The minimum Gasteiger partial charge on any atom is -0.453 e. The van der Waals surface area contributed by atoms with Crippen molar-refractivity contribution in [3.63, 3.8) is 0 Å². The first-order chi connectivity index (χ1) is 13.8. The molecular formula is C20H24N6O3. The van der Waals surface area contributed by atoms with Crippen molar-refractivity contribution < 1.29 is 14.3 Å². The fraction of sp³-hybridized carbons (Fsp3) is 0.350. The first-order valence-electron chi connectivity index (χ1n) is 9.30. The Morgan fingerprint density at radius 3 is 2.66 bits per heavy atom. The van der Waals surface area contributed by atoms with E-state index in [2.05, 4.69) is 20.4 Å². The summed E-state index contributed by atoms with van der Waals surface area (Å²) in [6, 6.07) is 7.41. The molecule has 0 aliphatic heterocycles. The molecule has 3 N–H and O–H groups in total. The van der Waals surface area contributed by atoms with Gasteiger partial charge < -0.3 is 15.8 Å². The zero-order chi connectivity index (χ0) is 21.1. The van der Waals surface area contributed by atoms with Crippen LogP contribution in [0.5, 0.6) is 0 Å². The number of nitrogens with zero attached hydrogens (tertiary/aromatic N) is 4. The largest absolute Gasteiger partial charge is 0.453 e. The number of rotatable bonds is 6. The van der Waals surface area contributed by atoms with E-state index in [0.717, 1.165) is 22.5 Å². The monoisotopic (exact) mass is 396 g/mol. The lowest BCUT2D eigenvalue weighted by molar-refractivity contribution is -0.153. The van der Waals surface area contributed by atoms with E-state index >= 15 is 0 Å². The van der Waals surface area contributed by atoms with Gasteiger partial charge in [0.25, 0.3) is 11.7 Å². The number of hydrogen-bond acceptors (Lipinski definition) is 7. The van der Waals surface area contributed by atoms with Crippen LogP contribution < -0.4 is 11.1 Å². The molecular weight excluding hydrogens is 372 g/mol. The van der Waals surface area contributed by atoms with Crippen LogP contribution in [0.25, 0.3) is 5.78 Å². The second kappa shape index (κ2) is 8.26. The molecule has 0 saturated heterocycles. The van der Waals surface area contributed by atoms with Crippen LogP contribution >= 0.6 is 0 Å². The van der Waals surface area contributed by atoms with E-state index in [-0.39, 0.29) is 18.3 Å². The quantitative estimate of drug-likeness (QED) is 0.612. The van der Waals surface area contributed by atoms with Gasteiger partial charge in [0.15, 0.2) is 6.10 Å². The molecule has 1 atom stereocenters. The number of carbonyl (C=O) groups is 2. The summed E-state index contributed by atoms with van der Waals surface area (Å²) in [7, 11) is 0. The van der Waals surface area contributed by atoms with Crippen LogP contribution in [0.1, 0.15) is 35.9 Å². The molecule has 9 heteroatoms. The lowest BCUT2D eigenvalue weighted by Gasteiger charge is -2.15. The Morgan fingerprint density at radius 1 is 1.21 bits per heavy atom. The molecule has 0 unspecified atom stereocenters. The maximum Gasteiger partial charge on any atom is 0.306 e. The van der Waals surface area contributed by atoms with Crippen LogP contribution in [0.3, 0.4) is 0 Å². The second-order valence-electron chi connectivity index (χ2n) is 6.88. The molecule has 0 bridgehead atoms. The first-order valence-corrected chi connectivity index (χ1v) is 9.30. The van der Waals surface area contributed by atoms with Gasteiger partial charge >= 0.3 is 5.97 Å². The smallest absolute Gasteiger partial charge is 0.306 e. The van der Waals surface area contributed by atoms with Crippen LogP contribution in [0, 0.1) is 20.8 Å². The number of ether oxygens (including phenoxy) is 1. The van der Waals surface area contributed by atoms with Crippen LogP contribution in [0.15, 0.2) is 24.3 Å². The first kappa shape index (κ1) is 20.2. The number of aromatic nitrogens is 4. The van der Waals surface area contributed by atoms with Crippen molar-refractivity contribution in [2.45, 2.75) is 46.6 Å². The number of benzene rings is 1. The highest BCUT2D eigenvalue weighted by molar-refractivity contribution is 5.95. The normalized spacial score (nSPS) is 12.0. The summed E-state index contributed by atoms with van der Waals surface area (Å²) in [5.41, 5.74) is 9.70. The fourth-order valence-electron chi connectivity index (χ4n) is 3.07. The van der Waals surface area contributed by atoms with E-state index < -0.39 is 12.1 Å². The molecule has 9 nitrogen and oxygen atoms in total. The molecule has 2 heterocycles. The van der Waals surface area contributed by atoms with Gasteiger partial charge in [0.1, 0.15) is 0 Å². The Balaban J connectivity index is 1.60. The van der Waals surface area contributed by atoms with Crippen LogP contribution in [0.2, 0.25) is 0 Å². The maximum atomic E-state index is 12.3. The minimum absolute atomic E-state index is 0.112. The van der Waals surface area contributed by atoms with Gasteiger partial charge in [-0.3, -0.25) is 9.59 Å². The summed E-state index contributed by atoms with van der Waals surface area (Å²) in [5.74, 6) is -0.272. The van der Waals surface area contributed by atoms with Crippen molar-refractivity contribution in [2.75, 3.05) is 11.1 Å². The van der Waals surface area contributed by atoms with Gasteiger partial charge in [-0.25, -0.2) is 4.98 Å². The van der Waals surface area contributed by atoms with Crippen molar-refractivity contribution in [2.24, 2.45) is 0 Å². The number of para-hydroxylation sites is 1. The number of nitrogens with two attached hydrogens (primary N) is 1. The number of carbonyl (C=O) groups excluding carboxylic acids is 2. The molecule has 29 heavy (non-hydrogen) atoms. The molecule has 0 aliphatic carbocycles. The molecule has 0 fully saturated rings. The number of nitrogen functional groups attached to an aromatic ring is 1. The standard InChI is InChI=1S/C20H24N6O3/c1-11-7-5-6-8-16(11)23-18(28)14(4)29-17(27)10-9-15-12(2)22-20-24-19(21)25-26(20)13(15)3/h5-8,14H,9-10H2,1-4H3,(H2,21,25)(H,23,28)/t14-/m0/s1. The van der Waals surface area contributed by atoms with Gasteiger partial charge in [-0.1, -0.05) is 18.2 Å². The third-order valence-electron chi connectivity index (χ3n) is 4.72. The number of fused-ring (bicyclic) bond motifs is 1. The van der Waals surface area contributed by atoms with Crippen molar-refractivity contribution in [3.05, 3.63) is 46.8 Å². The van der Waals surface area contributed by atoms with Crippen LogP contribution in [-0.2, 0) is 20.7 Å². The Hall–Kier alpha value is -3.49. The number of hydrogen-bond donors (Lipinski definition) is 2. The summed E-state index contributed by atoms with van der Waals surface area (Å²) in [6.45, 7) is 7.16. The van der Waals surface area contributed by atoms with Crippen molar-refractivity contribution in [1.29, 1.82) is 0 Å². The van der Waals surface area contributed by atoms with Gasteiger partial charge in [-0.05, 0) is 51.3 Å². The summed E-state index contributed by atoms with van der Waals surface area (Å²) in [4.78, 5) is 33.0. The Labute approximate surface area is 168 Å². The van der Waals surface area contributed by atoms with E-state index in [0.29, 0.717) is 17.9 Å². The average Bonchev–Trinajstić information content (AvgIpc) is 3.03. The van der Waals surface area contributed by atoms with E-state index in [1.54, 1.807) is 17.5 Å². The van der Waals surface area contributed by atoms with Gasteiger partial charge in [0.2, 0.25) is 5.95 Å². The highest BCUT2D eigenvalue weighted by Crippen LogP contribution is 2.17. The van der Waals surface area contributed by atoms with E-state index in [9.17, 15) is 9.59 Å². The summed E-state index contributed by atoms with van der Waals surface area (Å²) in [6.07, 6.45) is -0.383. The molecule has 0 aliphatic rings. The number of nitrogens with one attached hydrogen (secondary N) is 1. The minimum atomic E-state index is -0.903. The molecule has 3 rings (SSSR count). The zero-order valence-electron chi connectivity index (χ0n) is 16.9. The Morgan fingerprint density at radius 2 is 1.93 bits per heavy atom. The fourth-order valence-corrected chi connectivity index (χ4v) is 3.07. The average molecular weight is 396 g/mol. The predicted octanol–water partition coefficient (Wildman–Crippen LogP) is 2.13. The van der Waals surface area contributed by atoms with Crippen LogP contribution in [-0.4, -0.2) is 37.6 Å². The third kappa shape index (κ3) is 4.50. The van der Waals surface area contributed by atoms with E-state index in [1.807, 2.05) is 39.0 Å². The van der Waals surface area contributed by atoms with Gasteiger partial charge in [0.05, 0.1) is 0 Å². The van der Waals surface area contributed by atoms with Crippen LogP contribution in [0.4, 0.5) is 11.6 Å². The second-order valence-corrected chi connectivity index (χ2v) is 6.88. The number of anilines is 2. The molecule has 1 amide bonds. The highest BCUT2D eigenvalue weighted by Gasteiger charge is 2.20. The Bertz CT molecular complexity index is 1080. The number of aryl methyl sites for hydroxylation is 3. The number of esters is 1. The van der Waals surface area contributed by atoms with Gasteiger partial charge in [0, 0.05) is 23.5 Å². The van der Waals surface area contributed by atoms with Crippen molar-refractivity contribution in [3.8, 4) is 0 Å². The highest BCUT2D eigenvalue weighted by atomic mass is 16.5. The maximum absolute atomic E-state index is 12.3. The van der Waals surface area contributed by atoms with Gasteiger partial charge in [-0.15, -0.1) is 5.10 Å². The molecule has 3 aromatic rings. The molecule has 0 saturated carbocycles. The van der Waals surface area contributed by atoms with E-state index in [4.69, 9.17) is 10.5 Å². The summed E-state index contributed by atoms with van der Waals surface area (Å²) < 4.78 is 6.85. The summed E-state index contributed by atoms with van der Waals surface area (Å²) >= 11 is 0. The predicted molar refractivity (Wildman–Crippen MR) is 108 cm³/mol. The molecule has 152 valence electrons. The molecule has 2 aromatic heterocycles. The number of amides is 1. The van der Waals surface area contributed by atoms with Crippen molar-refractivity contribution >= 4 is 29.3 Å². The lowest BCUT2D eigenvalue weighted by Crippen LogP contribution is -2.30. The van der Waals surface area contributed by atoms with E-state index in [1.165, 1.54) is 0 Å². The topological polar surface area (TPSA) is 124 Å².